The van der Waals surface area contributed by atoms with Crippen molar-refractivity contribution >= 4 is 17.2 Å². The number of nitrogens with zero attached hydrogens (tertiary/aromatic N) is 2. The van der Waals surface area contributed by atoms with Gasteiger partial charge in [-0.15, -0.1) is 0 Å². The van der Waals surface area contributed by atoms with Gasteiger partial charge in [-0.05, 0) is 36.4 Å². The molecule has 0 aliphatic carbocycles. The molecule has 3 aromatic carbocycles. The van der Waals surface area contributed by atoms with Gasteiger partial charge >= 0.3 is 0 Å². The summed E-state index contributed by atoms with van der Waals surface area (Å²) in [5, 5.41) is 3.08. The van der Waals surface area contributed by atoms with E-state index in [4.69, 9.17) is 4.74 Å². The Hall–Kier alpha value is -4.38. The molecule has 0 unspecified atom stereocenters. The van der Waals surface area contributed by atoms with E-state index in [1.54, 1.807) is 0 Å². The Morgan fingerprint density at radius 1 is 0.812 bits per heavy atom. The third kappa shape index (κ3) is 3.11. The fourth-order valence-electron chi connectivity index (χ4n) is 4.20. The number of rotatable bonds is 3. The highest BCUT2D eigenvalue weighted by molar-refractivity contribution is 5.99. The summed E-state index contributed by atoms with van der Waals surface area (Å²) < 4.78 is 8.00. The van der Waals surface area contributed by atoms with Crippen molar-refractivity contribution < 1.29 is 9.53 Å². The van der Waals surface area contributed by atoms with E-state index in [1.165, 1.54) is 0 Å². The number of hydrogen-bond donors (Lipinski definition) is 1. The second kappa shape index (κ2) is 7.39. The topological polar surface area (TPSA) is 55.6 Å². The molecule has 1 N–H and O–H groups in total. The largest absolute Gasteiger partial charge is 0.457 e. The summed E-state index contributed by atoms with van der Waals surface area (Å²) in [6.07, 6.45) is 3.98. The van der Waals surface area contributed by atoms with Gasteiger partial charge in [0.2, 0.25) is 5.91 Å². The standard InChI is InChI=1S/C27H19N3O2/c31-27(26-20-7-1-3-9-23(20)32-24-10-4-2-8-21(24)26)28-19-14-12-18(13-15-19)22-17-30-16-6-5-11-25(30)29-22/h1-17,26H,(H,28,31). The van der Waals surface area contributed by atoms with Crippen LogP contribution < -0.4 is 10.1 Å². The zero-order chi connectivity index (χ0) is 21.5. The Bertz CT molecular complexity index is 1380. The lowest BCUT2D eigenvalue weighted by Crippen LogP contribution is -2.25. The van der Waals surface area contributed by atoms with E-state index in [1.807, 2.05) is 108 Å². The van der Waals surface area contributed by atoms with Crippen LogP contribution in [0.5, 0.6) is 11.5 Å². The van der Waals surface area contributed by atoms with Crippen LogP contribution in [0.2, 0.25) is 0 Å². The summed E-state index contributed by atoms with van der Waals surface area (Å²) in [5.74, 6) is 0.907. The third-order valence-corrected chi connectivity index (χ3v) is 5.75. The van der Waals surface area contributed by atoms with Crippen molar-refractivity contribution in [2.45, 2.75) is 5.92 Å². The number of imidazole rings is 1. The molecule has 1 aliphatic rings. The van der Waals surface area contributed by atoms with Crippen molar-refractivity contribution in [1.82, 2.24) is 9.38 Å². The Kier molecular flexibility index (Phi) is 4.25. The van der Waals surface area contributed by atoms with Crippen LogP contribution in [0.25, 0.3) is 16.9 Å². The molecule has 0 fully saturated rings. The molecule has 154 valence electrons. The van der Waals surface area contributed by atoms with E-state index in [9.17, 15) is 4.79 Å². The molecule has 6 rings (SSSR count). The SMILES string of the molecule is O=C(Nc1ccc(-c2cn3ccccc3n2)cc1)C1c2ccccc2Oc2ccccc21. The second-order valence-corrected chi connectivity index (χ2v) is 7.77. The number of benzene rings is 3. The predicted molar refractivity (Wildman–Crippen MR) is 124 cm³/mol. The van der Waals surface area contributed by atoms with Crippen molar-refractivity contribution in [2.75, 3.05) is 5.32 Å². The van der Waals surface area contributed by atoms with Gasteiger partial charge in [-0.25, -0.2) is 4.98 Å². The van der Waals surface area contributed by atoms with Crippen molar-refractivity contribution in [3.8, 4) is 22.8 Å². The van der Waals surface area contributed by atoms with E-state index in [0.717, 1.165) is 33.7 Å². The normalized spacial score (nSPS) is 12.6. The minimum Gasteiger partial charge on any atom is -0.457 e. The lowest BCUT2D eigenvalue weighted by atomic mass is 9.87. The van der Waals surface area contributed by atoms with E-state index >= 15 is 0 Å². The van der Waals surface area contributed by atoms with Gasteiger partial charge in [0.25, 0.3) is 0 Å². The van der Waals surface area contributed by atoms with Crippen LogP contribution in [-0.2, 0) is 4.79 Å². The van der Waals surface area contributed by atoms with Crippen LogP contribution >= 0.6 is 0 Å². The van der Waals surface area contributed by atoms with Crippen LogP contribution in [-0.4, -0.2) is 15.3 Å². The van der Waals surface area contributed by atoms with Gasteiger partial charge in [0.1, 0.15) is 17.1 Å². The first kappa shape index (κ1) is 18.4. The lowest BCUT2D eigenvalue weighted by molar-refractivity contribution is -0.116. The average molecular weight is 417 g/mol. The summed E-state index contributed by atoms with van der Waals surface area (Å²) in [4.78, 5) is 18.0. The number of carbonyl (C=O) groups excluding carboxylic acids is 1. The van der Waals surface area contributed by atoms with E-state index in [2.05, 4.69) is 10.3 Å². The van der Waals surface area contributed by atoms with Gasteiger partial charge in [-0.2, -0.15) is 0 Å². The number of pyridine rings is 1. The number of para-hydroxylation sites is 2. The van der Waals surface area contributed by atoms with Crippen molar-refractivity contribution in [3.05, 3.63) is 115 Å². The van der Waals surface area contributed by atoms with Gasteiger partial charge in [-0.3, -0.25) is 4.79 Å². The van der Waals surface area contributed by atoms with E-state index in [-0.39, 0.29) is 5.91 Å². The second-order valence-electron chi connectivity index (χ2n) is 7.77. The molecule has 3 heterocycles. The predicted octanol–water partition coefficient (Wildman–Crippen LogP) is 5.88. The molecule has 1 amide bonds. The first-order chi connectivity index (χ1) is 15.8. The molecule has 0 saturated heterocycles. The number of ether oxygens (including phenoxy) is 1. The summed E-state index contributed by atoms with van der Waals surface area (Å²) >= 11 is 0. The van der Waals surface area contributed by atoms with Gasteiger partial charge in [0.05, 0.1) is 11.6 Å². The zero-order valence-electron chi connectivity index (χ0n) is 17.1. The molecule has 0 atom stereocenters. The first-order valence-corrected chi connectivity index (χ1v) is 10.5. The third-order valence-electron chi connectivity index (χ3n) is 5.75. The van der Waals surface area contributed by atoms with Crippen LogP contribution in [0.3, 0.4) is 0 Å². The van der Waals surface area contributed by atoms with Gasteiger partial charge in [0, 0.05) is 34.8 Å². The maximum Gasteiger partial charge on any atom is 0.236 e. The van der Waals surface area contributed by atoms with Crippen LogP contribution in [0.15, 0.2) is 103 Å². The number of anilines is 1. The van der Waals surface area contributed by atoms with Crippen LogP contribution in [0.4, 0.5) is 5.69 Å². The molecule has 5 nitrogen and oxygen atoms in total. The molecule has 5 heteroatoms. The summed E-state index contributed by atoms with van der Waals surface area (Å²) in [6, 6.07) is 29.1. The smallest absolute Gasteiger partial charge is 0.236 e. The molecule has 5 aromatic rings. The number of carbonyl (C=O) groups is 1. The Balaban J connectivity index is 1.29. The number of nitrogens with one attached hydrogen (secondary N) is 1. The zero-order valence-corrected chi connectivity index (χ0v) is 17.1. The number of aromatic nitrogens is 2. The quantitative estimate of drug-likeness (QED) is 0.399. The summed E-state index contributed by atoms with van der Waals surface area (Å²) in [5.41, 5.74) is 5.26. The number of amides is 1. The van der Waals surface area contributed by atoms with Gasteiger partial charge in [0.15, 0.2) is 0 Å². The van der Waals surface area contributed by atoms with Crippen LogP contribution in [0.1, 0.15) is 17.0 Å². The number of fused-ring (bicyclic) bond motifs is 3. The molecule has 2 aromatic heterocycles. The van der Waals surface area contributed by atoms with Crippen molar-refractivity contribution in [2.24, 2.45) is 0 Å². The lowest BCUT2D eigenvalue weighted by Gasteiger charge is -2.27. The fourth-order valence-corrected chi connectivity index (χ4v) is 4.20. The Morgan fingerprint density at radius 2 is 1.47 bits per heavy atom. The molecule has 0 saturated carbocycles. The molecule has 32 heavy (non-hydrogen) atoms. The summed E-state index contributed by atoms with van der Waals surface area (Å²) in [6.45, 7) is 0. The highest BCUT2D eigenvalue weighted by Gasteiger charge is 2.32. The number of hydrogen-bond acceptors (Lipinski definition) is 3. The molecular formula is C27H19N3O2. The Morgan fingerprint density at radius 3 is 2.16 bits per heavy atom. The van der Waals surface area contributed by atoms with E-state index < -0.39 is 5.92 Å². The average Bonchev–Trinajstić information content (AvgIpc) is 3.27. The molecule has 0 radical (unpaired) electrons. The maximum atomic E-state index is 13.4. The molecule has 1 aliphatic heterocycles. The minimum absolute atomic E-state index is 0.0892. The van der Waals surface area contributed by atoms with Crippen molar-refractivity contribution in [3.63, 3.8) is 0 Å². The highest BCUT2D eigenvalue weighted by atomic mass is 16.5. The molecule has 0 spiro atoms. The van der Waals surface area contributed by atoms with Crippen LogP contribution in [0, 0.1) is 0 Å². The Labute approximate surface area is 184 Å². The van der Waals surface area contributed by atoms with Crippen molar-refractivity contribution in [1.29, 1.82) is 0 Å². The first-order valence-electron chi connectivity index (χ1n) is 10.5. The fraction of sp³-hybridized carbons (Fsp3) is 0.0370. The van der Waals surface area contributed by atoms with Gasteiger partial charge in [-0.1, -0.05) is 54.6 Å². The maximum absolute atomic E-state index is 13.4. The van der Waals surface area contributed by atoms with E-state index in [0.29, 0.717) is 11.5 Å². The molecular weight excluding hydrogens is 398 g/mol. The summed E-state index contributed by atoms with van der Waals surface area (Å²) in [7, 11) is 0. The minimum atomic E-state index is -0.436. The highest BCUT2D eigenvalue weighted by Crippen LogP contribution is 2.44. The molecule has 0 bridgehead atoms. The monoisotopic (exact) mass is 417 g/mol. The van der Waals surface area contributed by atoms with Gasteiger partial charge < -0.3 is 14.5 Å².